The van der Waals surface area contributed by atoms with Crippen molar-refractivity contribution in [3.8, 4) is 0 Å². The van der Waals surface area contributed by atoms with Crippen molar-refractivity contribution in [3.05, 3.63) is 34.9 Å². The van der Waals surface area contributed by atoms with Gasteiger partial charge in [0.15, 0.2) is 0 Å². The van der Waals surface area contributed by atoms with E-state index in [-0.39, 0.29) is 30.6 Å². The molecular weight excluding hydrogens is 352 g/mol. The second-order valence-corrected chi connectivity index (χ2v) is 6.62. The van der Waals surface area contributed by atoms with Crippen LogP contribution in [-0.2, 0) is 16.1 Å². The zero-order valence-electron chi connectivity index (χ0n) is 14.8. The van der Waals surface area contributed by atoms with Crippen LogP contribution >= 0.6 is 0 Å². The number of hydrogen-bond acceptors (Lipinski definition) is 7. The Hall–Kier alpha value is -2.62. The molecule has 0 saturated carbocycles. The van der Waals surface area contributed by atoms with E-state index in [2.05, 4.69) is 5.32 Å². The maximum atomic E-state index is 12.8. The quantitative estimate of drug-likeness (QED) is 0.513. The second kappa shape index (κ2) is 7.95. The maximum absolute atomic E-state index is 12.8. The number of fused-ring (bicyclic) bond motifs is 1. The highest BCUT2D eigenvalue weighted by Crippen LogP contribution is 2.28. The van der Waals surface area contributed by atoms with E-state index >= 15 is 0 Å². The van der Waals surface area contributed by atoms with Gasteiger partial charge in [0.1, 0.15) is 6.04 Å². The van der Waals surface area contributed by atoms with Gasteiger partial charge >= 0.3 is 0 Å². The number of benzene rings is 1. The van der Waals surface area contributed by atoms with E-state index in [0.29, 0.717) is 26.2 Å². The van der Waals surface area contributed by atoms with Gasteiger partial charge in [0.25, 0.3) is 11.8 Å². The highest BCUT2D eigenvalue weighted by molar-refractivity contribution is 6.23. The van der Waals surface area contributed by atoms with Crippen molar-refractivity contribution in [2.75, 3.05) is 26.2 Å². The van der Waals surface area contributed by atoms with Gasteiger partial charge in [0, 0.05) is 32.6 Å². The van der Waals surface area contributed by atoms with Gasteiger partial charge in [-0.3, -0.25) is 34.3 Å². The summed E-state index contributed by atoms with van der Waals surface area (Å²) in [5.41, 5.74) is 6.88. The lowest BCUT2D eigenvalue weighted by Crippen LogP contribution is -2.54. The Morgan fingerprint density at radius 3 is 2.56 bits per heavy atom. The molecule has 1 aromatic rings. The van der Waals surface area contributed by atoms with Gasteiger partial charge in [0.2, 0.25) is 11.8 Å². The molecular formula is C18H22N4O5. The molecule has 0 aromatic heterocycles. The summed E-state index contributed by atoms with van der Waals surface area (Å²) in [7, 11) is 0. The number of nitrogens with zero attached hydrogens (tertiary/aromatic N) is 2. The van der Waals surface area contributed by atoms with E-state index in [1.165, 1.54) is 0 Å². The van der Waals surface area contributed by atoms with Crippen LogP contribution in [0.25, 0.3) is 0 Å². The Balaban J connectivity index is 1.82. The van der Waals surface area contributed by atoms with E-state index in [4.69, 9.17) is 10.8 Å². The van der Waals surface area contributed by atoms with Crippen LogP contribution in [0.2, 0.25) is 0 Å². The van der Waals surface area contributed by atoms with Crippen LogP contribution in [0, 0.1) is 0 Å². The fraction of sp³-hybridized carbons (Fsp3) is 0.444. The van der Waals surface area contributed by atoms with Gasteiger partial charge in [-0.15, -0.1) is 0 Å². The first kappa shape index (κ1) is 19.2. The second-order valence-electron chi connectivity index (χ2n) is 6.62. The van der Waals surface area contributed by atoms with E-state index in [1.807, 2.05) is 4.90 Å². The molecule has 1 saturated heterocycles. The average molecular weight is 374 g/mol. The predicted octanol–water partition coefficient (Wildman–Crippen LogP) is -1.16. The van der Waals surface area contributed by atoms with Crippen LogP contribution in [0.4, 0.5) is 0 Å². The molecule has 4 N–H and O–H groups in total. The molecule has 9 nitrogen and oxygen atoms in total. The zero-order chi connectivity index (χ0) is 19.6. The van der Waals surface area contributed by atoms with Crippen molar-refractivity contribution in [3.63, 3.8) is 0 Å². The van der Waals surface area contributed by atoms with Crippen molar-refractivity contribution < 1.29 is 24.3 Å². The minimum absolute atomic E-state index is 0.00829. The standard InChI is InChI=1S/C18H22N4O5/c19-5-6-21(7-8-23)10-11-1-2-12-13(9-11)18(27)22(17(12)26)14-3-4-15(24)20-16(14)25/h1-2,9,14,23H,3-8,10,19H2,(H,20,24,25). The Morgan fingerprint density at radius 1 is 1.15 bits per heavy atom. The topological polar surface area (TPSA) is 133 Å². The third-order valence-corrected chi connectivity index (χ3v) is 4.77. The van der Waals surface area contributed by atoms with Crippen LogP contribution in [0.5, 0.6) is 0 Å². The normalized spacial score (nSPS) is 19.7. The summed E-state index contributed by atoms with van der Waals surface area (Å²) in [5.74, 6) is -2.08. The predicted molar refractivity (Wildman–Crippen MR) is 94.5 cm³/mol. The van der Waals surface area contributed by atoms with Gasteiger partial charge in [0.05, 0.1) is 17.7 Å². The number of nitrogens with one attached hydrogen (secondary N) is 1. The van der Waals surface area contributed by atoms with Gasteiger partial charge in [-0.1, -0.05) is 6.07 Å². The van der Waals surface area contributed by atoms with Crippen molar-refractivity contribution >= 4 is 23.6 Å². The fourth-order valence-electron chi connectivity index (χ4n) is 3.47. The van der Waals surface area contributed by atoms with Gasteiger partial charge < -0.3 is 10.8 Å². The van der Waals surface area contributed by atoms with Crippen molar-refractivity contribution in [2.45, 2.75) is 25.4 Å². The minimum atomic E-state index is -0.971. The molecule has 27 heavy (non-hydrogen) atoms. The molecule has 0 aliphatic carbocycles. The molecule has 0 radical (unpaired) electrons. The smallest absolute Gasteiger partial charge is 0.262 e. The van der Waals surface area contributed by atoms with Crippen molar-refractivity contribution in [1.29, 1.82) is 0 Å². The van der Waals surface area contributed by atoms with E-state index in [9.17, 15) is 19.2 Å². The van der Waals surface area contributed by atoms with Crippen molar-refractivity contribution in [1.82, 2.24) is 15.1 Å². The molecule has 0 bridgehead atoms. The third kappa shape index (κ3) is 3.75. The van der Waals surface area contributed by atoms with E-state index in [1.54, 1.807) is 18.2 Å². The van der Waals surface area contributed by atoms with Crippen LogP contribution in [0.3, 0.4) is 0 Å². The number of amides is 4. The number of carbonyl (C=O) groups is 4. The highest BCUT2D eigenvalue weighted by Gasteiger charge is 2.44. The SMILES string of the molecule is NCCN(CCO)Cc1ccc2c(c1)C(=O)N(C1CCC(=O)NC1=O)C2=O. The first-order valence-electron chi connectivity index (χ1n) is 8.84. The first-order valence-corrected chi connectivity index (χ1v) is 8.84. The van der Waals surface area contributed by atoms with Gasteiger partial charge in [-0.2, -0.15) is 0 Å². The molecule has 1 atom stereocenters. The zero-order valence-corrected chi connectivity index (χ0v) is 14.8. The molecule has 2 aliphatic heterocycles. The summed E-state index contributed by atoms with van der Waals surface area (Å²) in [6.45, 7) is 1.94. The number of rotatable bonds is 7. The largest absolute Gasteiger partial charge is 0.395 e. The summed E-state index contributed by atoms with van der Waals surface area (Å²) >= 11 is 0. The number of piperidine rings is 1. The maximum Gasteiger partial charge on any atom is 0.262 e. The van der Waals surface area contributed by atoms with Crippen LogP contribution in [0.1, 0.15) is 39.1 Å². The number of nitrogens with two attached hydrogens (primary N) is 1. The molecule has 9 heteroatoms. The Bertz CT molecular complexity index is 788. The summed E-state index contributed by atoms with van der Waals surface area (Å²) < 4.78 is 0. The van der Waals surface area contributed by atoms with Crippen LogP contribution in [-0.4, -0.2) is 70.8 Å². The minimum Gasteiger partial charge on any atom is -0.395 e. The number of carbonyl (C=O) groups excluding carboxylic acids is 4. The molecule has 1 aromatic carbocycles. The number of aliphatic hydroxyl groups excluding tert-OH is 1. The molecule has 144 valence electrons. The fourth-order valence-corrected chi connectivity index (χ4v) is 3.47. The molecule has 1 fully saturated rings. The summed E-state index contributed by atoms with van der Waals surface area (Å²) in [5, 5.41) is 11.3. The average Bonchev–Trinajstić information content (AvgIpc) is 2.87. The van der Waals surface area contributed by atoms with Crippen LogP contribution < -0.4 is 11.1 Å². The molecule has 2 heterocycles. The lowest BCUT2D eigenvalue weighted by molar-refractivity contribution is -0.136. The Morgan fingerprint density at radius 2 is 1.89 bits per heavy atom. The van der Waals surface area contributed by atoms with Crippen LogP contribution in [0.15, 0.2) is 18.2 Å². The lowest BCUT2D eigenvalue weighted by Gasteiger charge is -2.27. The molecule has 0 spiro atoms. The molecule has 4 amide bonds. The molecule has 1 unspecified atom stereocenters. The highest BCUT2D eigenvalue weighted by atomic mass is 16.3. The third-order valence-electron chi connectivity index (χ3n) is 4.77. The van der Waals surface area contributed by atoms with Gasteiger partial charge in [-0.25, -0.2) is 0 Å². The lowest BCUT2D eigenvalue weighted by atomic mass is 10.0. The molecule has 3 rings (SSSR count). The van der Waals surface area contributed by atoms with Gasteiger partial charge in [-0.05, 0) is 24.1 Å². The first-order chi connectivity index (χ1) is 13.0. The number of aliphatic hydroxyl groups is 1. The monoisotopic (exact) mass is 374 g/mol. The Kier molecular flexibility index (Phi) is 5.64. The van der Waals surface area contributed by atoms with E-state index in [0.717, 1.165) is 10.5 Å². The molecule has 2 aliphatic rings. The summed E-state index contributed by atoms with van der Waals surface area (Å²) in [4.78, 5) is 51.7. The summed E-state index contributed by atoms with van der Waals surface area (Å²) in [6.07, 6.45) is 0.216. The Labute approximate surface area is 156 Å². The number of imide groups is 2. The van der Waals surface area contributed by atoms with Crippen molar-refractivity contribution in [2.24, 2.45) is 5.73 Å². The number of hydrogen-bond donors (Lipinski definition) is 3. The van der Waals surface area contributed by atoms with E-state index < -0.39 is 29.7 Å². The summed E-state index contributed by atoms with van der Waals surface area (Å²) in [6, 6.07) is 4.00.